The van der Waals surface area contributed by atoms with Gasteiger partial charge in [0.2, 0.25) is 5.78 Å². The van der Waals surface area contributed by atoms with E-state index >= 15 is 0 Å². The van der Waals surface area contributed by atoms with Crippen LogP contribution in [0, 0.1) is 17.3 Å². The topological polar surface area (TPSA) is 71.4 Å². The van der Waals surface area contributed by atoms with Crippen LogP contribution in [0.5, 0.6) is 0 Å². The molecule has 1 N–H and O–H groups in total. The summed E-state index contributed by atoms with van der Waals surface area (Å²) in [4.78, 5) is 22.8. The van der Waals surface area contributed by atoms with E-state index in [1.54, 1.807) is 6.92 Å². The fraction of sp³-hybridized carbons (Fsp3) is 0.800. The molecule has 86 valence electrons. The van der Waals surface area contributed by atoms with Crippen molar-refractivity contribution in [3.63, 3.8) is 0 Å². The normalized spacial score (nSPS) is 32.8. The molecule has 0 amide bonds. The van der Waals surface area contributed by atoms with Gasteiger partial charge >= 0.3 is 0 Å². The fourth-order valence-corrected chi connectivity index (χ4v) is 3.32. The Labute approximate surface area is 91.7 Å². The van der Waals surface area contributed by atoms with Crippen LogP contribution in [0.2, 0.25) is 0 Å². The highest BCUT2D eigenvalue weighted by Gasteiger charge is 2.46. The molecule has 1 saturated carbocycles. The zero-order valence-electron chi connectivity index (χ0n) is 9.15. The molecule has 0 bridgehead atoms. The van der Waals surface area contributed by atoms with Crippen LogP contribution in [0.1, 0.15) is 27.2 Å². The fourth-order valence-electron chi connectivity index (χ4n) is 2.27. The molecule has 0 saturated heterocycles. The average molecular weight is 232 g/mol. The summed E-state index contributed by atoms with van der Waals surface area (Å²) in [7, 11) is 0. The second-order valence-electron chi connectivity index (χ2n) is 4.84. The van der Waals surface area contributed by atoms with Crippen LogP contribution >= 0.6 is 0 Å². The molecule has 4 nitrogen and oxygen atoms in total. The van der Waals surface area contributed by atoms with Crippen molar-refractivity contribution in [3.8, 4) is 0 Å². The lowest BCUT2D eigenvalue weighted by Gasteiger charge is -2.40. The van der Waals surface area contributed by atoms with E-state index in [0.29, 0.717) is 0 Å². The van der Waals surface area contributed by atoms with Gasteiger partial charge in [-0.25, -0.2) is 4.21 Å². The molecule has 0 aromatic carbocycles. The SMILES string of the molecule is CC1C(=O)C(=O)CC(C)(C)C1CS(=O)O. The molecule has 0 aromatic rings. The Bertz CT molecular complexity index is 321. The summed E-state index contributed by atoms with van der Waals surface area (Å²) in [6.07, 6.45) is 0.179. The van der Waals surface area contributed by atoms with Gasteiger partial charge in [0.15, 0.2) is 16.9 Å². The largest absolute Gasteiger partial charge is 0.306 e. The second kappa shape index (κ2) is 4.14. The summed E-state index contributed by atoms with van der Waals surface area (Å²) < 4.78 is 19.7. The molecule has 3 atom stereocenters. The third-order valence-electron chi connectivity index (χ3n) is 3.23. The highest BCUT2D eigenvalue weighted by Crippen LogP contribution is 2.41. The lowest BCUT2D eigenvalue weighted by Crippen LogP contribution is -2.46. The van der Waals surface area contributed by atoms with Gasteiger partial charge in [0.25, 0.3) is 0 Å². The van der Waals surface area contributed by atoms with Crippen molar-refractivity contribution < 1.29 is 18.4 Å². The molecule has 3 unspecified atom stereocenters. The summed E-state index contributed by atoms with van der Waals surface area (Å²) in [5.74, 6) is -1.34. The summed E-state index contributed by atoms with van der Waals surface area (Å²) in [5.41, 5.74) is -0.372. The maximum absolute atomic E-state index is 11.5. The summed E-state index contributed by atoms with van der Waals surface area (Å²) in [6, 6.07) is 0. The molecule has 1 aliphatic carbocycles. The third-order valence-corrected chi connectivity index (χ3v) is 3.88. The molecule has 0 radical (unpaired) electrons. The van der Waals surface area contributed by atoms with Gasteiger partial charge in [-0.1, -0.05) is 20.8 Å². The van der Waals surface area contributed by atoms with Crippen molar-refractivity contribution in [2.75, 3.05) is 5.75 Å². The van der Waals surface area contributed by atoms with Crippen LogP contribution in [-0.2, 0) is 20.7 Å². The lowest BCUT2D eigenvalue weighted by atomic mass is 9.64. The predicted octanol–water partition coefficient (Wildman–Crippen LogP) is 1.03. The van der Waals surface area contributed by atoms with Crippen molar-refractivity contribution in [1.29, 1.82) is 0 Å². The Kier molecular flexibility index (Phi) is 3.45. The lowest BCUT2D eigenvalue weighted by molar-refractivity contribution is -0.146. The summed E-state index contributed by atoms with van der Waals surface area (Å²) >= 11 is -1.92. The van der Waals surface area contributed by atoms with Crippen molar-refractivity contribution in [2.45, 2.75) is 27.2 Å². The third kappa shape index (κ3) is 2.52. The van der Waals surface area contributed by atoms with Gasteiger partial charge in [-0.15, -0.1) is 0 Å². The van der Waals surface area contributed by atoms with Crippen LogP contribution in [0.15, 0.2) is 0 Å². The van der Waals surface area contributed by atoms with E-state index in [-0.39, 0.29) is 29.3 Å². The molecule has 0 spiro atoms. The molecule has 0 heterocycles. The predicted molar refractivity (Wildman–Crippen MR) is 56.7 cm³/mol. The minimum absolute atomic E-state index is 0.0627. The van der Waals surface area contributed by atoms with Gasteiger partial charge in [-0.2, -0.15) is 0 Å². The second-order valence-corrected chi connectivity index (χ2v) is 5.81. The Morgan fingerprint density at radius 1 is 1.47 bits per heavy atom. The van der Waals surface area contributed by atoms with E-state index in [2.05, 4.69) is 0 Å². The van der Waals surface area contributed by atoms with E-state index in [0.717, 1.165) is 0 Å². The van der Waals surface area contributed by atoms with E-state index in [9.17, 15) is 13.8 Å². The Morgan fingerprint density at radius 3 is 2.47 bits per heavy atom. The maximum atomic E-state index is 11.5. The van der Waals surface area contributed by atoms with E-state index in [1.165, 1.54) is 0 Å². The Balaban J connectivity index is 2.95. The molecule has 1 fully saturated rings. The van der Waals surface area contributed by atoms with Gasteiger partial charge in [-0.05, 0) is 11.3 Å². The highest BCUT2D eigenvalue weighted by atomic mass is 32.2. The van der Waals surface area contributed by atoms with Gasteiger partial charge in [0.1, 0.15) is 0 Å². The molecule has 1 rings (SSSR count). The van der Waals surface area contributed by atoms with Crippen molar-refractivity contribution >= 4 is 22.6 Å². The zero-order chi connectivity index (χ0) is 11.8. The first-order valence-corrected chi connectivity index (χ1v) is 6.18. The van der Waals surface area contributed by atoms with Gasteiger partial charge in [-0.3, -0.25) is 9.59 Å². The van der Waals surface area contributed by atoms with Crippen molar-refractivity contribution in [2.24, 2.45) is 17.3 Å². The summed E-state index contributed by atoms with van der Waals surface area (Å²) in [6.45, 7) is 5.40. The molecule has 0 aliphatic heterocycles. The minimum atomic E-state index is -1.92. The first-order valence-electron chi connectivity index (χ1n) is 4.90. The van der Waals surface area contributed by atoms with E-state index in [4.69, 9.17) is 4.55 Å². The van der Waals surface area contributed by atoms with Crippen molar-refractivity contribution in [1.82, 2.24) is 0 Å². The molecule has 15 heavy (non-hydrogen) atoms. The van der Waals surface area contributed by atoms with Crippen molar-refractivity contribution in [3.05, 3.63) is 0 Å². The number of hydrogen-bond acceptors (Lipinski definition) is 3. The van der Waals surface area contributed by atoms with E-state index < -0.39 is 22.8 Å². The smallest absolute Gasteiger partial charge is 0.201 e. The summed E-state index contributed by atoms with van der Waals surface area (Å²) in [5, 5.41) is 0. The minimum Gasteiger partial charge on any atom is -0.306 e. The first-order chi connectivity index (χ1) is 6.75. The maximum Gasteiger partial charge on any atom is 0.201 e. The molecular weight excluding hydrogens is 216 g/mol. The van der Waals surface area contributed by atoms with Crippen LogP contribution in [0.4, 0.5) is 0 Å². The monoisotopic (exact) mass is 232 g/mol. The first kappa shape index (κ1) is 12.5. The van der Waals surface area contributed by atoms with Gasteiger partial charge in [0.05, 0.1) is 5.75 Å². The van der Waals surface area contributed by atoms with Crippen LogP contribution in [-0.4, -0.2) is 26.1 Å². The van der Waals surface area contributed by atoms with Crippen LogP contribution in [0.3, 0.4) is 0 Å². The number of carbonyl (C=O) groups excluding carboxylic acids is 2. The number of hydrogen-bond donors (Lipinski definition) is 1. The zero-order valence-corrected chi connectivity index (χ0v) is 9.97. The van der Waals surface area contributed by atoms with Crippen LogP contribution in [0.25, 0.3) is 0 Å². The Hall–Kier alpha value is -0.550. The van der Waals surface area contributed by atoms with E-state index in [1.807, 2.05) is 13.8 Å². The van der Waals surface area contributed by atoms with Crippen LogP contribution < -0.4 is 0 Å². The number of rotatable bonds is 2. The number of Topliss-reactive ketones (excluding diaryl/α,β-unsaturated/α-hetero) is 2. The standard InChI is InChI=1S/C10H16O4S/c1-6-7(5-15(13)14)10(2,3)4-8(11)9(6)12/h6-7H,4-5H2,1-3H3,(H,13,14). The molecular formula is C10H16O4S. The quantitative estimate of drug-likeness (QED) is 0.570. The Morgan fingerprint density at radius 2 is 2.00 bits per heavy atom. The number of ketones is 2. The van der Waals surface area contributed by atoms with Gasteiger partial charge < -0.3 is 4.55 Å². The molecule has 0 aromatic heterocycles. The number of carbonyl (C=O) groups is 2. The highest BCUT2D eigenvalue weighted by molar-refractivity contribution is 7.79. The average Bonchev–Trinajstić information content (AvgIpc) is 2.08. The van der Waals surface area contributed by atoms with Gasteiger partial charge in [0, 0.05) is 12.3 Å². The molecule has 5 heteroatoms. The molecule has 1 aliphatic rings.